The van der Waals surface area contributed by atoms with E-state index in [0.717, 1.165) is 10.9 Å². The molecular weight excluding hydrogens is 694 g/mol. The predicted molar refractivity (Wildman–Crippen MR) is 207 cm³/mol. The summed E-state index contributed by atoms with van der Waals surface area (Å²) in [4.78, 5) is 29.8. The van der Waals surface area contributed by atoms with Gasteiger partial charge >= 0.3 is 6.03 Å². The maximum atomic E-state index is 13.6. The first-order valence-electron chi connectivity index (χ1n) is 17.0. The largest absolute Gasteiger partial charge is 0.497 e. The zero-order chi connectivity index (χ0) is 39.0. The van der Waals surface area contributed by atoms with Crippen molar-refractivity contribution in [1.29, 1.82) is 0 Å². The van der Waals surface area contributed by atoms with Crippen LogP contribution < -0.4 is 40.6 Å². The topological polar surface area (TPSA) is 207 Å². The van der Waals surface area contributed by atoms with Crippen molar-refractivity contribution in [2.45, 2.75) is 26.2 Å². The van der Waals surface area contributed by atoms with Gasteiger partial charge < -0.3 is 56.0 Å². The molecule has 1 heterocycles. The predicted octanol–water partition coefficient (Wildman–Crippen LogP) is 6.17. The fourth-order valence-corrected chi connectivity index (χ4v) is 5.46. The van der Waals surface area contributed by atoms with Gasteiger partial charge in [0.05, 0.1) is 50.8 Å². The summed E-state index contributed by atoms with van der Waals surface area (Å²) in [5.41, 5.74) is 6.32. The molecule has 0 radical (unpaired) electrons. The summed E-state index contributed by atoms with van der Waals surface area (Å²) >= 11 is 0. The Kier molecular flexibility index (Phi) is 12.1. The molecule has 0 saturated carbocycles. The van der Waals surface area contributed by atoms with Crippen LogP contribution in [-0.2, 0) is 5.41 Å². The molecule has 0 bridgehead atoms. The number of aliphatic hydroxyl groups is 3. The number of hydrogen-bond acceptors (Lipinski definition) is 11. The minimum Gasteiger partial charge on any atom is -0.497 e. The highest BCUT2D eigenvalue weighted by molar-refractivity contribution is 6.08. The number of carbonyl (C=O) groups excluding carboxylic acids is 2. The Balaban J connectivity index is 1.38. The number of nitrogens with two attached hydrogens (primary N) is 1. The molecule has 0 spiro atoms. The molecule has 0 atom stereocenters. The molecule has 0 aliphatic heterocycles. The lowest BCUT2D eigenvalue weighted by molar-refractivity contribution is -0.0263. The molecule has 5 rings (SSSR count). The Morgan fingerprint density at radius 2 is 1.48 bits per heavy atom. The lowest BCUT2D eigenvalue weighted by atomic mass is 9.86. The number of aromatic nitrogens is 1. The lowest BCUT2D eigenvalue weighted by Crippen LogP contribution is -2.39. The third kappa shape index (κ3) is 9.09. The van der Waals surface area contributed by atoms with E-state index in [-0.39, 0.29) is 29.1 Å². The first kappa shape index (κ1) is 39.1. The van der Waals surface area contributed by atoms with Crippen LogP contribution in [0.2, 0.25) is 0 Å². The van der Waals surface area contributed by atoms with Gasteiger partial charge in [0.25, 0.3) is 0 Å². The highest BCUT2D eigenvalue weighted by atomic mass is 16.5. The number of ether oxygens (including phenoxy) is 4. The molecule has 1 aromatic heterocycles. The summed E-state index contributed by atoms with van der Waals surface area (Å²) in [7, 11) is 2.93. The highest BCUT2D eigenvalue weighted by Gasteiger charge is 2.31. The molecule has 3 amide bonds. The van der Waals surface area contributed by atoms with Gasteiger partial charge in [0.1, 0.15) is 29.7 Å². The zero-order valence-corrected chi connectivity index (χ0v) is 30.7. The number of primary amides is 1. The SMILES string of the molecule is COc1cc(Nc2cc(Oc3ccc(NC(=O)Nc4cc(C(C)(C)C)cc(OCC(CO)(CO)CO)c4OC)c4ccccc34)ccn2)cc(C(N)=O)c1. The third-order valence-electron chi connectivity index (χ3n) is 8.70. The Morgan fingerprint density at radius 1 is 0.778 bits per heavy atom. The van der Waals surface area contributed by atoms with Crippen LogP contribution in [0.15, 0.2) is 85.1 Å². The van der Waals surface area contributed by atoms with Gasteiger partial charge in [-0.3, -0.25) is 4.79 Å². The van der Waals surface area contributed by atoms with Gasteiger partial charge in [0, 0.05) is 40.4 Å². The van der Waals surface area contributed by atoms with E-state index in [1.807, 2.05) is 45.0 Å². The van der Waals surface area contributed by atoms with Gasteiger partial charge in [-0.1, -0.05) is 45.0 Å². The normalized spacial score (nSPS) is 11.5. The van der Waals surface area contributed by atoms with Gasteiger partial charge in [0.2, 0.25) is 5.91 Å². The zero-order valence-electron chi connectivity index (χ0n) is 30.7. The van der Waals surface area contributed by atoms with Gasteiger partial charge in [-0.15, -0.1) is 0 Å². The average molecular weight is 740 g/mol. The van der Waals surface area contributed by atoms with Crippen LogP contribution >= 0.6 is 0 Å². The molecule has 14 heteroatoms. The fraction of sp³-hybridized carbons (Fsp3) is 0.275. The van der Waals surface area contributed by atoms with Crippen molar-refractivity contribution >= 4 is 45.6 Å². The maximum Gasteiger partial charge on any atom is 0.323 e. The van der Waals surface area contributed by atoms with Crippen molar-refractivity contribution < 1.29 is 43.9 Å². The molecule has 0 fully saturated rings. The van der Waals surface area contributed by atoms with Gasteiger partial charge in [-0.2, -0.15) is 0 Å². The van der Waals surface area contributed by atoms with Crippen LogP contribution in [0.4, 0.5) is 27.7 Å². The van der Waals surface area contributed by atoms with Gasteiger partial charge in [-0.05, 0) is 53.4 Å². The molecule has 14 nitrogen and oxygen atoms in total. The number of anilines is 4. The number of benzene rings is 4. The average Bonchev–Trinajstić information content (AvgIpc) is 3.16. The first-order valence-corrected chi connectivity index (χ1v) is 17.0. The number of amides is 3. The van der Waals surface area contributed by atoms with Crippen molar-refractivity contribution in [2.75, 3.05) is 56.6 Å². The number of rotatable bonds is 15. The molecule has 5 aromatic rings. The molecule has 4 aromatic carbocycles. The smallest absolute Gasteiger partial charge is 0.323 e. The lowest BCUT2D eigenvalue weighted by Gasteiger charge is -2.29. The molecule has 8 N–H and O–H groups in total. The minimum atomic E-state index is -1.28. The number of fused-ring (bicyclic) bond motifs is 1. The second kappa shape index (κ2) is 16.7. The monoisotopic (exact) mass is 739 g/mol. The summed E-state index contributed by atoms with van der Waals surface area (Å²) in [6, 6.07) is 22.2. The summed E-state index contributed by atoms with van der Waals surface area (Å²) in [6.45, 7) is 4.30. The molecule has 0 aliphatic carbocycles. The van der Waals surface area contributed by atoms with Crippen LogP contribution in [0.3, 0.4) is 0 Å². The van der Waals surface area contributed by atoms with Crippen LogP contribution in [0.5, 0.6) is 28.7 Å². The number of aliphatic hydroxyl groups excluding tert-OH is 3. The van der Waals surface area contributed by atoms with Crippen molar-refractivity contribution in [3.63, 3.8) is 0 Å². The summed E-state index contributed by atoms with van der Waals surface area (Å²) in [5.74, 6) is 1.80. The van der Waals surface area contributed by atoms with Crippen LogP contribution in [0.1, 0.15) is 36.7 Å². The van der Waals surface area contributed by atoms with Crippen molar-refractivity contribution in [3.8, 4) is 28.7 Å². The number of methoxy groups -OCH3 is 2. The first-order chi connectivity index (χ1) is 25.8. The van der Waals surface area contributed by atoms with E-state index >= 15 is 0 Å². The summed E-state index contributed by atoms with van der Waals surface area (Å²) in [6.07, 6.45) is 1.58. The minimum absolute atomic E-state index is 0.204. The fourth-order valence-electron chi connectivity index (χ4n) is 5.46. The molecule has 0 saturated heterocycles. The van der Waals surface area contributed by atoms with E-state index < -0.39 is 37.2 Å². The van der Waals surface area contributed by atoms with E-state index in [2.05, 4.69) is 20.9 Å². The molecule has 0 aliphatic rings. The maximum absolute atomic E-state index is 13.6. The van der Waals surface area contributed by atoms with E-state index in [0.29, 0.717) is 45.5 Å². The second-order valence-electron chi connectivity index (χ2n) is 13.7. The summed E-state index contributed by atoms with van der Waals surface area (Å²) in [5, 5.41) is 39.9. The van der Waals surface area contributed by atoms with E-state index in [9.17, 15) is 24.9 Å². The Bertz CT molecular complexity index is 2120. The number of hydrogen-bond donors (Lipinski definition) is 7. The third-order valence-corrected chi connectivity index (χ3v) is 8.70. The van der Waals surface area contributed by atoms with E-state index in [4.69, 9.17) is 24.7 Å². The number of nitrogens with zero attached hydrogens (tertiary/aromatic N) is 1. The van der Waals surface area contributed by atoms with Crippen molar-refractivity contribution in [2.24, 2.45) is 11.1 Å². The highest BCUT2D eigenvalue weighted by Crippen LogP contribution is 2.41. The molecule has 284 valence electrons. The Morgan fingerprint density at radius 3 is 2.13 bits per heavy atom. The summed E-state index contributed by atoms with van der Waals surface area (Å²) < 4.78 is 23.3. The van der Waals surface area contributed by atoms with Crippen LogP contribution in [0, 0.1) is 5.41 Å². The number of urea groups is 1. The molecule has 54 heavy (non-hydrogen) atoms. The van der Waals surface area contributed by atoms with Crippen molar-refractivity contribution in [3.05, 3.63) is 96.2 Å². The number of pyridine rings is 1. The quantitative estimate of drug-likeness (QED) is 0.0646. The van der Waals surface area contributed by atoms with Crippen LogP contribution in [-0.4, -0.2) is 72.9 Å². The number of nitrogens with one attached hydrogen (secondary N) is 3. The van der Waals surface area contributed by atoms with Gasteiger partial charge in [0.15, 0.2) is 11.5 Å². The van der Waals surface area contributed by atoms with E-state index in [1.165, 1.54) is 14.2 Å². The Hall–Kier alpha value is -6.09. The van der Waals surface area contributed by atoms with Gasteiger partial charge in [-0.25, -0.2) is 9.78 Å². The standard InChI is InChI=1S/C40H45N5O9/c1-39(2,3)25-16-32(36(52-5)34(17-25)53-23-40(20-46,21-47)22-48)45-38(50)44-31-10-11-33(30-9-7-6-8-29(30)31)54-27-12-13-42-35(19-27)43-26-14-24(37(41)49)15-28(18-26)51-4/h6-19,46-48H,20-23H2,1-5H3,(H2,41,49)(H,42,43)(H2,44,45,50). The number of carbonyl (C=O) groups is 2. The Labute approximate surface area is 312 Å². The molecule has 0 unspecified atom stereocenters. The second-order valence-corrected chi connectivity index (χ2v) is 13.7. The van der Waals surface area contributed by atoms with Crippen LogP contribution in [0.25, 0.3) is 10.8 Å². The van der Waals surface area contributed by atoms with E-state index in [1.54, 1.807) is 60.8 Å². The molecular formula is C40H45N5O9. The van der Waals surface area contributed by atoms with Crippen molar-refractivity contribution in [1.82, 2.24) is 4.98 Å².